The largest absolute Gasteiger partial charge is 0.491 e. The Morgan fingerprint density at radius 2 is 2.17 bits per heavy atom. The first-order valence-corrected chi connectivity index (χ1v) is 5.91. The number of aryl methyl sites for hydroxylation is 1. The minimum absolute atomic E-state index is 0.217. The van der Waals surface area contributed by atoms with E-state index in [1.54, 1.807) is 10.9 Å². The monoisotopic (exact) mass is 266 g/mol. The molecule has 0 radical (unpaired) electrons. The van der Waals surface area contributed by atoms with Crippen molar-refractivity contribution in [3.8, 4) is 5.75 Å². The van der Waals surface area contributed by atoms with Gasteiger partial charge in [-0.2, -0.15) is 5.10 Å². The summed E-state index contributed by atoms with van der Waals surface area (Å²) in [5.41, 5.74) is 3.49. The van der Waals surface area contributed by atoms with Crippen LogP contribution in [-0.2, 0) is 7.05 Å². The van der Waals surface area contributed by atoms with Crippen LogP contribution in [-0.4, -0.2) is 16.4 Å². The van der Waals surface area contributed by atoms with Crippen LogP contribution in [0, 0.1) is 0 Å². The highest BCUT2D eigenvalue weighted by molar-refractivity contribution is 6.31. The quantitative estimate of drug-likeness (QED) is 0.638. The maximum Gasteiger partial charge on any atom is 0.119 e. The first kappa shape index (κ1) is 12.9. The summed E-state index contributed by atoms with van der Waals surface area (Å²) in [7, 11) is 1.81. The number of hydrazine groups is 1. The van der Waals surface area contributed by atoms with Crippen molar-refractivity contribution in [3.05, 3.63) is 47.2 Å². The molecular weight excluding hydrogens is 252 g/mol. The minimum atomic E-state index is -0.217. The predicted molar refractivity (Wildman–Crippen MR) is 70.2 cm³/mol. The van der Waals surface area contributed by atoms with Crippen molar-refractivity contribution in [2.24, 2.45) is 12.9 Å². The average molecular weight is 267 g/mol. The zero-order valence-corrected chi connectivity index (χ0v) is 10.8. The van der Waals surface area contributed by atoms with E-state index < -0.39 is 0 Å². The molecule has 0 aliphatic carbocycles. The van der Waals surface area contributed by atoms with Crippen molar-refractivity contribution in [3.63, 3.8) is 0 Å². The fourth-order valence-electron chi connectivity index (χ4n) is 1.71. The van der Waals surface area contributed by atoms with Gasteiger partial charge >= 0.3 is 0 Å². The van der Waals surface area contributed by atoms with Crippen molar-refractivity contribution in [1.82, 2.24) is 15.2 Å². The summed E-state index contributed by atoms with van der Waals surface area (Å²) in [5.74, 6) is 6.32. The number of ether oxygens (including phenoxy) is 1. The predicted octanol–water partition coefficient (Wildman–Crippen LogP) is 1.66. The van der Waals surface area contributed by atoms with Crippen LogP contribution in [0.5, 0.6) is 5.75 Å². The van der Waals surface area contributed by atoms with E-state index in [9.17, 15) is 0 Å². The van der Waals surface area contributed by atoms with E-state index in [0.717, 1.165) is 11.4 Å². The molecule has 0 amide bonds. The molecule has 1 aromatic carbocycles. The molecule has 2 rings (SSSR count). The molecule has 0 aliphatic heterocycles. The van der Waals surface area contributed by atoms with Gasteiger partial charge in [-0.1, -0.05) is 29.8 Å². The molecule has 1 unspecified atom stereocenters. The Morgan fingerprint density at radius 1 is 1.44 bits per heavy atom. The molecule has 5 nitrogen and oxygen atoms in total. The van der Waals surface area contributed by atoms with Gasteiger partial charge in [0.2, 0.25) is 0 Å². The van der Waals surface area contributed by atoms with Gasteiger partial charge in [-0.15, -0.1) is 0 Å². The number of nitrogens with one attached hydrogen (secondary N) is 1. The summed E-state index contributed by atoms with van der Waals surface area (Å²) >= 11 is 6.07. The highest BCUT2D eigenvalue weighted by Gasteiger charge is 2.18. The zero-order valence-electron chi connectivity index (χ0n) is 10.0. The summed E-state index contributed by atoms with van der Waals surface area (Å²) in [6, 6.07) is 9.32. The minimum Gasteiger partial charge on any atom is -0.491 e. The third-order valence-electron chi connectivity index (χ3n) is 2.63. The number of aromatic nitrogens is 2. The zero-order chi connectivity index (χ0) is 13.0. The molecule has 1 aromatic heterocycles. The normalized spacial score (nSPS) is 12.4. The number of benzene rings is 1. The summed E-state index contributed by atoms with van der Waals surface area (Å²) in [4.78, 5) is 0. The topological polar surface area (TPSA) is 65.1 Å². The second kappa shape index (κ2) is 5.86. The summed E-state index contributed by atoms with van der Waals surface area (Å²) in [6.45, 7) is 0.375. The number of hydrogen-bond donors (Lipinski definition) is 2. The van der Waals surface area contributed by atoms with Crippen molar-refractivity contribution in [1.29, 1.82) is 0 Å². The molecule has 3 N–H and O–H groups in total. The number of hydrogen-bond acceptors (Lipinski definition) is 4. The standard InChI is InChI=1S/C12H15ClN4O/c1-17-12(10(13)7-15-17)11(16-14)8-18-9-5-3-2-4-6-9/h2-7,11,16H,8,14H2,1H3. The molecule has 1 atom stereocenters. The molecule has 18 heavy (non-hydrogen) atoms. The van der Waals surface area contributed by atoms with Gasteiger partial charge in [0.15, 0.2) is 0 Å². The van der Waals surface area contributed by atoms with Crippen LogP contribution in [0.4, 0.5) is 0 Å². The van der Waals surface area contributed by atoms with Crippen molar-refractivity contribution in [2.45, 2.75) is 6.04 Å². The molecule has 0 spiro atoms. The number of nitrogens with zero attached hydrogens (tertiary/aromatic N) is 2. The lowest BCUT2D eigenvalue weighted by Crippen LogP contribution is -2.33. The number of halogens is 1. The lowest BCUT2D eigenvalue weighted by molar-refractivity contribution is 0.261. The van der Waals surface area contributed by atoms with E-state index in [0.29, 0.717) is 11.6 Å². The molecule has 0 fully saturated rings. The highest BCUT2D eigenvalue weighted by atomic mass is 35.5. The van der Waals surface area contributed by atoms with E-state index in [2.05, 4.69) is 10.5 Å². The SMILES string of the molecule is Cn1ncc(Cl)c1C(COc1ccccc1)NN. The fourth-order valence-corrected chi connectivity index (χ4v) is 2.01. The number of para-hydroxylation sites is 1. The van der Waals surface area contributed by atoms with Gasteiger partial charge < -0.3 is 4.74 Å². The van der Waals surface area contributed by atoms with Crippen LogP contribution in [0.2, 0.25) is 5.02 Å². The number of nitrogens with two attached hydrogens (primary N) is 1. The Bertz CT molecular complexity index is 481. The van der Waals surface area contributed by atoms with Gasteiger partial charge in [0.1, 0.15) is 12.4 Å². The van der Waals surface area contributed by atoms with Crippen LogP contribution in [0.15, 0.2) is 36.5 Å². The second-order valence-electron chi connectivity index (χ2n) is 3.84. The van der Waals surface area contributed by atoms with Gasteiger partial charge in [0.05, 0.1) is 23.0 Å². The van der Waals surface area contributed by atoms with E-state index >= 15 is 0 Å². The van der Waals surface area contributed by atoms with Gasteiger partial charge in [-0.25, -0.2) is 5.43 Å². The maximum absolute atomic E-state index is 6.07. The molecule has 0 saturated heterocycles. The molecule has 1 heterocycles. The van der Waals surface area contributed by atoms with Gasteiger partial charge in [0, 0.05) is 7.05 Å². The molecule has 0 aliphatic rings. The van der Waals surface area contributed by atoms with E-state index in [1.165, 1.54) is 0 Å². The maximum atomic E-state index is 6.07. The molecule has 0 saturated carbocycles. The first-order chi connectivity index (χ1) is 8.72. The molecule has 96 valence electrons. The third-order valence-corrected chi connectivity index (χ3v) is 2.92. The fraction of sp³-hybridized carbons (Fsp3) is 0.250. The van der Waals surface area contributed by atoms with Gasteiger partial charge in [-0.05, 0) is 12.1 Å². The van der Waals surface area contributed by atoms with Crippen molar-refractivity contribution in [2.75, 3.05) is 6.61 Å². The summed E-state index contributed by atoms with van der Waals surface area (Å²) in [6.07, 6.45) is 1.59. The lowest BCUT2D eigenvalue weighted by atomic mass is 10.2. The van der Waals surface area contributed by atoms with E-state index in [-0.39, 0.29) is 6.04 Å². The van der Waals surface area contributed by atoms with Crippen LogP contribution in [0.25, 0.3) is 0 Å². The van der Waals surface area contributed by atoms with Crippen LogP contribution in [0.1, 0.15) is 11.7 Å². The van der Waals surface area contributed by atoms with Crippen LogP contribution >= 0.6 is 11.6 Å². The molecule has 2 aromatic rings. The number of rotatable bonds is 5. The molecule has 0 bridgehead atoms. The second-order valence-corrected chi connectivity index (χ2v) is 4.25. The highest BCUT2D eigenvalue weighted by Crippen LogP contribution is 2.22. The Morgan fingerprint density at radius 3 is 2.72 bits per heavy atom. The first-order valence-electron chi connectivity index (χ1n) is 5.53. The van der Waals surface area contributed by atoms with Crippen LogP contribution in [0.3, 0.4) is 0 Å². The van der Waals surface area contributed by atoms with Gasteiger partial charge in [-0.3, -0.25) is 10.5 Å². The third kappa shape index (κ3) is 2.81. The Labute approximate surface area is 110 Å². The Balaban J connectivity index is 2.07. The van der Waals surface area contributed by atoms with Crippen molar-refractivity contribution < 1.29 is 4.74 Å². The average Bonchev–Trinajstić information content (AvgIpc) is 2.73. The summed E-state index contributed by atoms with van der Waals surface area (Å²) in [5, 5.41) is 4.64. The van der Waals surface area contributed by atoms with E-state index in [4.69, 9.17) is 22.2 Å². The molecular formula is C12H15ClN4O. The smallest absolute Gasteiger partial charge is 0.119 e. The Hall–Kier alpha value is -1.56. The summed E-state index contributed by atoms with van der Waals surface area (Å²) < 4.78 is 7.33. The molecule has 6 heteroatoms. The Kier molecular flexibility index (Phi) is 4.19. The van der Waals surface area contributed by atoms with Crippen LogP contribution < -0.4 is 16.0 Å². The van der Waals surface area contributed by atoms with Crippen molar-refractivity contribution >= 4 is 11.6 Å². The van der Waals surface area contributed by atoms with Gasteiger partial charge in [0.25, 0.3) is 0 Å². The lowest BCUT2D eigenvalue weighted by Gasteiger charge is -2.17. The van der Waals surface area contributed by atoms with E-state index in [1.807, 2.05) is 37.4 Å².